The number of aromatic nitrogens is 1. The summed E-state index contributed by atoms with van der Waals surface area (Å²) in [4.78, 5) is 17.3. The Morgan fingerprint density at radius 2 is 2.40 bits per heavy atom. The molecule has 1 amide bonds. The van der Waals surface area contributed by atoms with E-state index in [-0.39, 0.29) is 18.4 Å². The zero-order valence-corrected chi connectivity index (χ0v) is 9.64. The summed E-state index contributed by atoms with van der Waals surface area (Å²) in [6.07, 6.45) is 2.08. The van der Waals surface area contributed by atoms with Crippen LogP contribution >= 0.6 is 15.9 Å². The molecule has 4 nitrogen and oxygen atoms in total. The summed E-state index contributed by atoms with van der Waals surface area (Å²) in [5.41, 5.74) is 0.791. The molecule has 0 bridgehead atoms. The number of aliphatic hydroxyl groups excluding tert-OH is 1. The van der Waals surface area contributed by atoms with Gasteiger partial charge in [-0.25, -0.2) is 4.98 Å². The SMILES string of the molecule is O=C1CC(CO)CN1c1ccc(Br)nc1. The number of amides is 1. The van der Waals surface area contributed by atoms with Crippen molar-refractivity contribution in [3.63, 3.8) is 0 Å². The Morgan fingerprint density at radius 3 is 2.93 bits per heavy atom. The van der Waals surface area contributed by atoms with Crippen LogP contribution in [0.1, 0.15) is 6.42 Å². The van der Waals surface area contributed by atoms with Gasteiger partial charge in [-0.2, -0.15) is 0 Å². The molecule has 1 aromatic heterocycles. The van der Waals surface area contributed by atoms with Gasteiger partial charge in [0, 0.05) is 25.5 Å². The molecular formula is C10H11BrN2O2. The van der Waals surface area contributed by atoms with Crippen molar-refractivity contribution in [2.45, 2.75) is 6.42 Å². The highest BCUT2D eigenvalue weighted by molar-refractivity contribution is 9.10. The van der Waals surface area contributed by atoms with Gasteiger partial charge in [0.25, 0.3) is 0 Å². The van der Waals surface area contributed by atoms with E-state index in [2.05, 4.69) is 20.9 Å². The Kier molecular flexibility index (Phi) is 3.02. The van der Waals surface area contributed by atoms with Gasteiger partial charge in [-0.3, -0.25) is 4.79 Å². The van der Waals surface area contributed by atoms with Crippen LogP contribution in [0, 0.1) is 5.92 Å². The fourth-order valence-electron chi connectivity index (χ4n) is 1.68. The minimum atomic E-state index is 0.0539. The molecule has 2 rings (SSSR count). The number of carbonyl (C=O) groups is 1. The van der Waals surface area contributed by atoms with Gasteiger partial charge in [0.2, 0.25) is 5.91 Å². The number of pyridine rings is 1. The molecular weight excluding hydrogens is 260 g/mol. The summed E-state index contributed by atoms with van der Waals surface area (Å²) in [5.74, 6) is 0.110. The lowest BCUT2D eigenvalue weighted by Gasteiger charge is -2.15. The fraction of sp³-hybridized carbons (Fsp3) is 0.400. The largest absolute Gasteiger partial charge is 0.396 e. The first-order valence-electron chi connectivity index (χ1n) is 4.73. The number of carbonyl (C=O) groups excluding carboxylic acids is 1. The van der Waals surface area contributed by atoms with Gasteiger partial charge in [0.1, 0.15) is 4.60 Å². The van der Waals surface area contributed by atoms with Crippen molar-refractivity contribution in [1.82, 2.24) is 4.98 Å². The predicted molar refractivity (Wildman–Crippen MR) is 59.5 cm³/mol. The molecule has 1 N–H and O–H groups in total. The van der Waals surface area contributed by atoms with E-state index in [1.54, 1.807) is 17.2 Å². The molecule has 80 valence electrons. The molecule has 5 heteroatoms. The van der Waals surface area contributed by atoms with E-state index >= 15 is 0 Å². The van der Waals surface area contributed by atoms with Gasteiger partial charge >= 0.3 is 0 Å². The maximum absolute atomic E-state index is 11.6. The van der Waals surface area contributed by atoms with Crippen LogP contribution in [0.3, 0.4) is 0 Å². The number of rotatable bonds is 2. The molecule has 1 aliphatic heterocycles. The molecule has 0 radical (unpaired) electrons. The van der Waals surface area contributed by atoms with Crippen LogP contribution in [-0.4, -0.2) is 29.1 Å². The number of aliphatic hydroxyl groups is 1. The average Bonchev–Trinajstić information content (AvgIpc) is 2.61. The number of hydrogen-bond donors (Lipinski definition) is 1. The molecule has 1 aromatic rings. The number of anilines is 1. The monoisotopic (exact) mass is 270 g/mol. The van der Waals surface area contributed by atoms with Crippen molar-refractivity contribution in [3.8, 4) is 0 Å². The summed E-state index contributed by atoms with van der Waals surface area (Å²) >= 11 is 3.24. The van der Waals surface area contributed by atoms with Gasteiger partial charge in [0.15, 0.2) is 0 Å². The lowest BCUT2D eigenvalue weighted by atomic mass is 10.1. The average molecular weight is 271 g/mol. The van der Waals surface area contributed by atoms with E-state index in [1.165, 1.54) is 0 Å². The summed E-state index contributed by atoms with van der Waals surface area (Å²) in [6, 6.07) is 3.64. The number of halogens is 1. The lowest BCUT2D eigenvalue weighted by Crippen LogP contribution is -2.24. The minimum Gasteiger partial charge on any atom is -0.396 e. The maximum atomic E-state index is 11.6. The number of hydrogen-bond acceptors (Lipinski definition) is 3. The molecule has 1 aliphatic rings. The molecule has 0 saturated carbocycles. The molecule has 1 saturated heterocycles. The van der Waals surface area contributed by atoms with Crippen molar-refractivity contribution in [2.24, 2.45) is 5.92 Å². The standard InChI is InChI=1S/C10H11BrN2O2/c11-9-2-1-8(4-12-9)13-5-7(6-14)3-10(13)15/h1-2,4,7,14H,3,5-6H2. The molecule has 2 heterocycles. The van der Waals surface area contributed by atoms with E-state index in [1.807, 2.05) is 6.07 Å². The third-order valence-corrected chi connectivity index (χ3v) is 2.96. The first-order valence-corrected chi connectivity index (χ1v) is 5.53. The van der Waals surface area contributed by atoms with E-state index in [9.17, 15) is 4.79 Å². The zero-order chi connectivity index (χ0) is 10.8. The summed E-state index contributed by atoms with van der Waals surface area (Å²) in [7, 11) is 0. The summed E-state index contributed by atoms with van der Waals surface area (Å²) < 4.78 is 0.747. The van der Waals surface area contributed by atoms with Crippen molar-refractivity contribution < 1.29 is 9.90 Å². The first kappa shape index (κ1) is 10.6. The van der Waals surface area contributed by atoms with Crippen LogP contribution in [-0.2, 0) is 4.79 Å². The normalized spacial score (nSPS) is 21.1. The van der Waals surface area contributed by atoms with Crippen LogP contribution in [0.5, 0.6) is 0 Å². The van der Waals surface area contributed by atoms with Crippen LogP contribution in [0.25, 0.3) is 0 Å². The maximum Gasteiger partial charge on any atom is 0.227 e. The fourth-order valence-corrected chi connectivity index (χ4v) is 1.92. The summed E-state index contributed by atoms with van der Waals surface area (Å²) in [6.45, 7) is 0.644. The van der Waals surface area contributed by atoms with E-state index in [4.69, 9.17) is 5.11 Å². The third-order valence-electron chi connectivity index (χ3n) is 2.49. The van der Waals surface area contributed by atoms with Crippen LogP contribution in [0.2, 0.25) is 0 Å². The van der Waals surface area contributed by atoms with E-state index < -0.39 is 0 Å². The van der Waals surface area contributed by atoms with Crippen LogP contribution in [0.15, 0.2) is 22.9 Å². The minimum absolute atomic E-state index is 0.0539. The molecule has 1 atom stereocenters. The van der Waals surface area contributed by atoms with Gasteiger partial charge < -0.3 is 10.0 Å². The Morgan fingerprint density at radius 1 is 1.60 bits per heavy atom. The van der Waals surface area contributed by atoms with Gasteiger partial charge in [0.05, 0.1) is 11.9 Å². The molecule has 0 spiro atoms. The second-order valence-electron chi connectivity index (χ2n) is 3.60. The molecule has 0 aromatic carbocycles. The van der Waals surface area contributed by atoms with Gasteiger partial charge in [-0.1, -0.05) is 0 Å². The molecule has 1 fully saturated rings. The zero-order valence-electron chi connectivity index (χ0n) is 8.06. The smallest absolute Gasteiger partial charge is 0.227 e. The lowest BCUT2D eigenvalue weighted by molar-refractivity contribution is -0.117. The van der Waals surface area contributed by atoms with E-state index in [0.29, 0.717) is 13.0 Å². The topological polar surface area (TPSA) is 53.4 Å². The highest BCUT2D eigenvalue weighted by atomic mass is 79.9. The molecule has 1 unspecified atom stereocenters. The molecule has 15 heavy (non-hydrogen) atoms. The predicted octanol–water partition coefficient (Wildman–Crippen LogP) is 1.19. The summed E-state index contributed by atoms with van der Waals surface area (Å²) in [5, 5.41) is 8.99. The van der Waals surface area contributed by atoms with Gasteiger partial charge in [-0.15, -0.1) is 0 Å². The Balaban J connectivity index is 2.18. The Bertz CT molecular complexity index is 366. The number of nitrogens with zero attached hydrogens (tertiary/aromatic N) is 2. The molecule has 0 aliphatic carbocycles. The van der Waals surface area contributed by atoms with Crippen LogP contribution < -0.4 is 4.90 Å². The third kappa shape index (κ3) is 2.18. The van der Waals surface area contributed by atoms with Crippen molar-refractivity contribution in [3.05, 3.63) is 22.9 Å². The first-order chi connectivity index (χ1) is 7.20. The Hall–Kier alpha value is -0.940. The second kappa shape index (κ2) is 4.28. The highest BCUT2D eigenvalue weighted by Gasteiger charge is 2.29. The highest BCUT2D eigenvalue weighted by Crippen LogP contribution is 2.24. The van der Waals surface area contributed by atoms with Crippen molar-refractivity contribution >= 4 is 27.5 Å². The van der Waals surface area contributed by atoms with Gasteiger partial charge in [-0.05, 0) is 28.1 Å². The Labute approximate surface area is 96.1 Å². The van der Waals surface area contributed by atoms with E-state index in [0.717, 1.165) is 10.3 Å². The van der Waals surface area contributed by atoms with Crippen molar-refractivity contribution in [1.29, 1.82) is 0 Å². The van der Waals surface area contributed by atoms with Crippen molar-refractivity contribution in [2.75, 3.05) is 18.1 Å². The quantitative estimate of drug-likeness (QED) is 0.822. The van der Waals surface area contributed by atoms with Crippen LogP contribution in [0.4, 0.5) is 5.69 Å². The second-order valence-corrected chi connectivity index (χ2v) is 4.41.